The Hall–Kier alpha value is -3.55. The van der Waals surface area contributed by atoms with E-state index in [1.54, 1.807) is 24.3 Å². The lowest BCUT2D eigenvalue weighted by molar-refractivity contribution is 0.102. The summed E-state index contributed by atoms with van der Waals surface area (Å²) in [5.74, 6) is -0.122. The van der Waals surface area contributed by atoms with E-state index in [0.717, 1.165) is 36.7 Å². The Morgan fingerprint density at radius 2 is 1.63 bits per heavy atom. The van der Waals surface area contributed by atoms with Crippen molar-refractivity contribution < 1.29 is 13.6 Å². The number of nitrogens with zero attached hydrogens (tertiary/aromatic N) is 3. The molecule has 8 heteroatoms. The Kier molecular flexibility index (Phi) is 6.56. The molecular weight excluding hydrogens is 388 g/mol. The van der Waals surface area contributed by atoms with Gasteiger partial charge in [-0.05, 0) is 57.2 Å². The first-order valence-corrected chi connectivity index (χ1v) is 9.63. The molecule has 0 spiro atoms. The minimum Gasteiger partial charge on any atom is -0.357 e. The van der Waals surface area contributed by atoms with Crippen molar-refractivity contribution in [3.05, 3.63) is 71.6 Å². The molecule has 1 amide bonds. The molecule has 0 saturated carbocycles. The molecule has 0 unspecified atom stereocenters. The quantitative estimate of drug-likeness (QED) is 0.578. The maximum absolute atomic E-state index is 13.8. The fourth-order valence-corrected chi connectivity index (χ4v) is 2.98. The second-order valence-electron chi connectivity index (χ2n) is 6.61. The number of benzene rings is 2. The van der Waals surface area contributed by atoms with Gasteiger partial charge in [0.1, 0.15) is 29.1 Å². The van der Waals surface area contributed by atoms with Gasteiger partial charge in [0.2, 0.25) is 0 Å². The highest BCUT2D eigenvalue weighted by atomic mass is 19.1. The predicted molar refractivity (Wildman–Crippen MR) is 114 cm³/mol. The van der Waals surface area contributed by atoms with E-state index in [4.69, 9.17) is 0 Å². The van der Waals surface area contributed by atoms with Crippen LogP contribution in [0.4, 0.5) is 31.8 Å². The summed E-state index contributed by atoms with van der Waals surface area (Å²) in [7, 11) is 0. The average Bonchev–Trinajstić information content (AvgIpc) is 2.70. The number of halogens is 2. The van der Waals surface area contributed by atoms with Crippen LogP contribution in [0.5, 0.6) is 0 Å². The lowest BCUT2D eigenvalue weighted by Gasteiger charge is -2.20. The van der Waals surface area contributed by atoms with Crippen LogP contribution < -0.4 is 15.5 Å². The number of aromatic nitrogens is 2. The van der Waals surface area contributed by atoms with E-state index in [9.17, 15) is 13.6 Å². The van der Waals surface area contributed by atoms with Crippen LogP contribution in [0.3, 0.4) is 0 Å². The van der Waals surface area contributed by atoms with Crippen LogP contribution in [0, 0.1) is 18.6 Å². The standard InChI is InChI=1S/C22H23F2N5O/c1-4-29(5-2)21-13-20(25-14(3)26-21)27-16-7-9-17(10-8-16)28-22(30)18-11-6-15(23)12-19(18)24/h6-13H,4-5H2,1-3H3,(H,28,30)(H,25,26,27). The molecular formula is C22H23F2N5O. The molecule has 0 aliphatic rings. The van der Waals surface area contributed by atoms with E-state index in [2.05, 4.69) is 39.3 Å². The van der Waals surface area contributed by atoms with Crippen LogP contribution in [0.1, 0.15) is 30.0 Å². The molecule has 30 heavy (non-hydrogen) atoms. The van der Waals surface area contributed by atoms with Crippen molar-refractivity contribution in [2.75, 3.05) is 28.6 Å². The molecule has 0 bridgehead atoms. The monoisotopic (exact) mass is 411 g/mol. The molecule has 0 aliphatic heterocycles. The summed E-state index contributed by atoms with van der Waals surface area (Å²) in [6.45, 7) is 7.66. The van der Waals surface area contributed by atoms with Gasteiger partial charge in [0.05, 0.1) is 5.56 Å². The summed E-state index contributed by atoms with van der Waals surface area (Å²) in [6.07, 6.45) is 0. The van der Waals surface area contributed by atoms with Gasteiger partial charge in [-0.15, -0.1) is 0 Å². The van der Waals surface area contributed by atoms with Gasteiger partial charge in [-0.25, -0.2) is 18.7 Å². The Morgan fingerprint density at radius 3 is 2.27 bits per heavy atom. The highest BCUT2D eigenvalue weighted by molar-refractivity contribution is 6.04. The highest BCUT2D eigenvalue weighted by Gasteiger charge is 2.13. The lowest BCUT2D eigenvalue weighted by atomic mass is 10.2. The Morgan fingerprint density at radius 1 is 0.967 bits per heavy atom. The molecule has 0 radical (unpaired) electrons. The largest absolute Gasteiger partial charge is 0.357 e. The molecule has 6 nitrogen and oxygen atoms in total. The third kappa shape index (κ3) is 5.08. The minimum atomic E-state index is -0.908. The molecule has 0 aliphatic carbocycles. The minimum absolute atomic E-state index is 0.223. The molecule has 0 fully saturated rings. The second kappa shape index (κ2) is 9.30. The van der Waals surface area contributed by atoms with Crippen molar-refractivity contribution >= 4 is 28.9 Å². The fraction of sp³-hybridized carbons (Fsp3) is 0.227. The number of rotatable bonds is 7. The predicted octanol–water partition coefficient (Wildman–Crippen LogP) is 4.91. The second-order valence-corrected chi connectivity index (χ2v) is 6.61. The van der Waals surface area contributed by atoms with E-state index in [1.165, 1.54) is 0 Å². The first-order chi connectivity index (χ1) is 14.4. The van der Waals surface area contributed by atoms with E-state index in [-0.39, 0.29) is 5.56 Å². The molecule has 0 atom stereocenters. The van der Waals surface area contributed by atoms with Gasteiger partial charge in [-0.2, -0.15) is 0 Å². The summed E-state index contributed by atoms with van der Waals surface area (Å²) in [5.41, 5.74) is 1.03. The van der Waals surface area contributed by atoms with Gasteiger partial charge in [0, 0.05) is 36.6 Å². The summed E-state index contributed by atoms with van der Waals surface area (Å²) in [4.78, 5) is 23.2. The van der Waals surface area contributed by atoms with Gasteiger partial charge in [0.25, 0.3) is 5.91 Å². The van der Waals surface area contributed by atoms with Crippen molar-refractivity contribution in [2.45, 2.75) is 20.8 Å². The number of hydrogen-bond donors (Lipinski definition) is 2. The van der Waals surface area contributed by atoms with E-state index >= 15 is 0 Å². The Bertz CT molecular complexity index is 1040. The van der Waals surface area contributed by atoms with E-state index in [0.29, 0.717) is 23.4 Å². The molecule has 156 valence electrons. The van der Waals surface area contributed by atoms with Gasteiger partial charge < -0.3 is 15.5 Å². The smallest absolute Gasteiger partial charge is 0.258 e. The van der Waals surface area contributed by atoms with E-state index < -0.39 is 17.5 Å². The zero-order chi connectivity index (χ0) is 21.7. The van der Waals surface area contributed by atoms with Crippen LogP contribution in [-0.2, 0) is 0 Å². The number of carbonyl (C=O) groups excluding carboxylic acids is 1. The third-order valence-corrected chi connectivity index (χ3v) is 4.50. The molecule has 1 heterocycles. The zero-order valence-electron chi connectivity index (χ0n) is 17.0. The van der Waals surface area contributed by atoms with Gasteiger partial charge in [-0.1, -0.05) is 0 Å². The van der Waals surface area contributed by atoms with Crippen LogP contribution >= 0.6 is 0 Å². The van der Waals surface area contributed by atoms with Crippen LogP contribution in [-0.4, -0.2) is 29.0 Å². The van der Waals surface area contributed by atoms with Crippen molar-refractivity contribution in [3.63, 3.8) is 0 Å². The van der Waals surface area contributed by atoms with Gasteiger partial charge >= 0.3 is 0 Å². The van der Waals surface area contributed by atoms with Crippen molar-refractivity contribution in [3.8, 4) is 0 Å². The first kappa shape index (κ1) is 21.2. The Balaban J connectivity index is 1.71. The topological polar surface area (TPSA) is 70.2 Å². The van der Waals surface area contributed by atoms with Crippen molar-refractivity contribution in [1.82, 2.24) is 9.97 Å². The van der Waals surface area contributed by atoms with Crippen LogP contribution in [0.25, 0.3) is 0 Å². The van der Waals surface area contributed by atoms with E-state index in [1.807, 2.05) is 13.0 Å². The SMILES string of the molecule is CCN(CC)c1cc(Nc2ccc(NC(=O)c3ccc(F)cc3F)cc2)nc(C)n1. The molecule has 0 saturated heterocycles. The highest BCUT2D eigenvalue weighted by Crippen LogP contribution is 2.22. The molecule has 1 aromatic heterocycles. The number of nitrogens with one attached hydrogen (secondary N) is 2. The lowest BCUT2D eigenvalue weighted by Crippen LogP contribution is -2.23. The first-order valence-electron chi connectivity index (χ1n) is 9.63. The molecule has 2 N–H and O–H groups in total. The number of aryl methyl sites for hydroxylation is 1. The van der Waals surface area contributed by atoms with Gasteiger partial charge in [0.15, 0.2) is 0 Å². The third-order valence-electron chi connectivity index (χ3n) is 4.50. The average molecular weight is 411 g/mol. The van der Waals surface area contributed by atoms with Gasteiger partial charge in [-0.3, -0.25) is 4.79 Å². The molecule has 3 aromatic rings. The molecule has 3 rings (SSSR count). The zero-order valence-corrected chi connectivity index (χ0v) is 17.0. The summed E-state index contributed by atoms with van der Waals surface area (Å²) in [5, 5.41) is 5.82. The maximum Gasteiger partial charge on any atom is 0.258 e. The fourth-order valence-electron chi connectivity index (χ4n) is 2.98. The summed E-state index contributed by atoms with van der Waals surface area (Å²) < 4.78 is 26.8. The summed E-state index contributed by atoms with van der Waals surface area (Å²) in [6, 6.07) is 11.6. The molecule has 2 aromatic carbocycles. The number of hydrogen-bond acceptors (Lipinski definition) is 5. The Labute approximate surface area is 174 Å². The maximum atomic E-state index is 13.8. The van der Waals surface area contributed by atoms with Crippen molar-refractivity contribution in [1.29, 1.82) is 0 Å². The normalized spacial score (nSPS) is 10.6. The summed E-state index contributed by atoms with van der Waals surface area (Å²) >= 11 is 0. The number of amides is 1. The van der Waals surface area contributed by atoms with Crippen LogP contribution in [0.15, 0.2) is 48.5 Å². The number of carbonyl (C=O) groups is 1. The van der Waals surface area contributed by atoms with Crippen LogP contribution in [0.2, 0.25) is 0 Å². The van der Waals surface area contributed by atoms with Crippen molar-refractivity contribution in [2.24, 2.45) is 0 Å². The number of anilines is 4.